The summed E-state index contributed by atoms with van der Waals surface area (Å²) in [6.07, 6.45) is 0.947. The fourth-order valence-corrected chi connectivity index (χ4v) is 2.63. The quantitative estimate of drug-likeness (QED) is 0.806. The highest BCUT2D eigenvalue weighted by Crippen LogP contribution is 2.31. The predicted molar refractivity (Wildman–Crippen MR) is 96.8 cm³/mol. The van der Waals surface area contributed by atoms with Crippen LogP contribution in [0.15, 0.2) is 42.5 Å². The van der Waals surface area contributed by atoms with Crippen molar-refractivity contribution in [3.63, 3.8) is 0 Å². The Hall–Kier alpha value is -3.02. The van der Waals surface area contributed by atoms with E-state index >= 15 is 0 Å². The van der Waals surface area contributed by atoms with Crippen LogP contribution in [0.2, 0.25) is 0 Å². The zero-order valence-electron chi connectivity index (χ0n) is 14.6. The van der Waals surface area contributed by atoms with Gasteiger partial charge in [0, 0.05) is 12.1 Å². The Morgan fingerprint density at radius 2 is 1.77 bits per heavy atom. The summed E-state index contributed by atoms with van der Waals surface area (Å²) in [5.74, 6) is 1.00. The van der Waals surface area contributed by atoms with Gasteiger partial charge in [0.05, 0.1) is 12.2 Å². The molecule has 1 heterocycles. The summed E-state index contributed by atoms with van der Waals surface area (Å²) in [5, 5.41) is 2.83. The fraction of sp³-hybridized carbons (Fsp3) is 0.300. The van der Waals surface area contributed by atoms with Crippen LogP contribution < -0.4 is 14.8 Å². The first-order chi connectivity index (χ1) is 12.7. The highest BCUT2D eigenvalue weighted by atomic mass is 16.6. The molecule has 1 aliphatic heterocycles. The van der Waals surface area contributed by atoms with Crippen molar-refractivity contribution >= 4 is 17.6 Å². The summed E-state index contributed by atoms with van der Waals surface area (Å²) < 4.78 is 16.0. The monoisotopic (exact) mass is 355 g/mol. The third-order valence-corrected chi connectivity index (χ3v) is 3.93. The number of rotatable bonds is 6. The van der Waals surface area contributed by atoms with Crippen LogP contribution in [-0.2, 0) is 16.0 Å². The van der Waals surface area contributed by atoms with Crippen LogP contribution in [-0.4, -0.2) is 31.7 Å². The van der Waals surface area contributed by atoms with Gasteiger partial charge in [-0.3, -0.25) is 4.79 Å². The zero-order chi connectivity index (χ0) is 18.4. The second-order valence-corrected chi connectivity index (χ2v) is 5.82. The van der Waals surface area contributed by atoms with Gasteiger partial charge in [0.25, 0.3) is 0 Å². The Labute approximate surface area is 152 Å². The summed E-state index contributed by atoms with van der Waals surface area (Å²) in [5.41, 5.74) is 2.12. The molecule has 0 spiro atoms. The van der Waals surface area contributed by atoms with E-state index in [4.69, 9.17) is 14.2 Å². The Morgan fingerprint density at radius 3 is 2.50 bits per heavy atom. The van der Waals surface area contributed by atoms with Gasteiger partial charge in [0.15, 0.2) is 11.5 Å². The zero-order valence-corrected chi connectivity index (χ0v) is 14.6. The molecular weight excluding hydrogens is 334 g/mol. The van der Waals surface area contributed by atoms with Gasteiger partial charge in [0.2, 0.25) is 5.91 Å². The second-order valence-electron chi connectivity index (χ2n) is 5.82. The molecule has 1 N–H and O–H groups in total. The molecule has 0 aromatic heterocycles. The minimum Gasteiger partial charge on any atom is -0.486 e. The lowest BCUT2D eigenvalue weighted by Gasteiger charge is -2.18. The number of carbonyl (C=O) groups is 2. The number of benzene rings is 2. The van der Waals surface area contributed by atoms with Gasteiger partial charge in [-0.15, -0.1) is 0 Å². The molecule has 1 amide bonds. The summed E-state index contributed by atoms with van der Waals surface area (Å²) in [6.45, 7) is 3.19. The lowest BCUT2D eigenvalue weighted by atomic mass is 10.1. The summed E-state index contributed by atoms with van der Waals surface area (Å²) in [7, 11) is 0. The van der Waals surface area contributed by atoms with Crippen molar-refractivity contribution in [2.75, 3.05) is 25.1 Å². The minimum atomic E-state index is -0.371. The fourth-order valence-electron chi connectivity index (χ4n) is 2.63. The van der Waals surface area contributed by atoms with Crippen LogP contribution in [0.1, 0.15) is 29.3 Å². The largest absolute Gasteiger partial charge is 0.486 e. The third kappa shape index (κ3) is 4.53. The van der Waals surface area contributed by atoms with Crippen LogP contribution in [0.25, 0.3) is 0 Å². The molecule has 0 aliphatic carbocycles. The number of ether oxygens (including phenoxy) is 3. The van der Waals surface area contributed by atoms with Gasteiger partial charge < -0.3 is 19.5 Å². The number of anilines is 1. The molecule has 0 bridgehead atoms. The van der Waals surface area contributed by atoms with Crippen molar-refractivity contribution in [3.8, 4) is 11.5 Å². The Morgan fingerprint density at radius 1 is 1.04 bits per heavy atom. The van der Waals surface area contributed by atoms with E-state index in [2.05, 4.69) is 5.32 Å². The van der Waals surface area contributed by atoms with Crippen molar-refractivity contribution in [2.24, 2.45) is 0 Å². The molecule has 136 valence electrons. The Kier molecular flexibility index (Phi) is 5.73. The van der Waals surface area contributed by atoms with E-state index in [0.717, 1.165) is 17.1 Å². The summed E-state index contributed by atoms with van der Waals surface area (Å²) in [6, 6.07) is 12.4. The van der Waals surface area contributed by atoms with E-state index in [1.807, 2.05) is 18.2 Å². The number of aryl methyl sites for hydroxylation is 1. The molecule has 0 radical (unpaired) electrons. The molecule has 2 aromatic rings. The Balaban J connectivity index is 1.52. The second kappa shape index (κ2) is 8.38. The smallest absolute Gasteiger partial charge is 0.338 e. The predicted octanol–water partition coefficient (Wildman–Crippen LogP) is 3.21. The first-order valence-electron chi connectivity index (χ1n) is 8.61. The number of hydrogen-bond donors (Lipinski definition) is 1. The molecule has 0 saturated carbocycles. The van der Waals surface area contributed by atoms with Crippen LogP contribution in [0.4, 0.5) is 5.69 Å². The number of hydrogen-bond acceptors (Lipinski definition) is 5. The van der Waals surface area contributed by atoms with Crippen LogP contribution >= 0.6 is 0 Å². The molecule has 2 aromatic carbocycles. The maximum atomic E-state index is 12.1. The molecule has 3 rings (SSSR count). The maximum absolute atomic E-state index is 12.1. The number of amides is 1. The standard InChI is InChI=1S/C20H21NO5/c1-2-24-20(23)15-5-7-16(8-6-15)21-19(22)10-4-14-3-9-17-18(13-14)26-12-11-25-17/h3,5-9,13H,2,4,10-12H2,1H3,(H,21,22). The number of fused-ring (bicyclic) bond motifs is 1. The Bertz CT molecular complexity index is 785. The molecular formula is C20H21NO5. The van der Waals surface area contributed by atoms with Crippen molar-refractivity contribution in [3.05, 3.63) is 53.6 Å². The molecule has 1 aliphatic rings. The van der Waals surface area contributed by atoms with Crippen molar-refractivity contribution in [1.29, 1.82) is 0 Å². The summed E-state index contributed by atoms with van der Waals surface area (Å²) in [4.78, 5) is 23.7. The lowest BCUT2D eigenvalue weighted by molar-refractivity contribution is -0.116. The van der Waals surface area contributed by atoms with E-state index in [9.17, 15) is 9.59 Å². The van der Waals surface area contributed by atoms with E-state index in [-0.39, 0.29) is 11.9 Å². The normalized spacial score (nSPS) is 12.3. The van der Waals surface area contributed by atoms with Gasteiger partial charge in [-0.25, -0.2) is 4.79 Å². The average Bonchev–Trinajstić information content (AvgIpc) is 2.67. The number of carbonyl (C=O) groups excluding carboxylic acids is 2. The molecule has 0 atom stereocenters. The molecule has 6 heteroatoms. The minimum absolute atomic E-state index is 0.0937. The highest BCUT2D eigenvalue weighted by molar-refractivity contribution is 5.93. The first-order valence-corrected chi connectivity index (χ1v) is 8.61. The third-order valence-electron chi connectivity index (χ3n) is 3.93. The molecule has 26 heavy (non-hydrogen) atoms. The van der Waals surface area contributed by atoms with Gasteiger partial charge in [-0.2, -0.15) is 0 Å². The molecule has 6 nitrogen and oxygen atoms in total. The highest BCUT2D eigenvalue weighted by Gasteiger charge is 2.12. The maximum Gasteiger partial charge on any atom is 0.338 e. The van der Waals surface area contributed by atoms with Crippen molar-refractivity contribution in [1.82, 2.24) is 0 Å². The van der Waals surface area contributed by atoms with Gasteiger partial charge in [0.1, 0.15) is 13.2 Å². The van der Waals surface area contributed by atoms with Crippen molar-refractivity contribution in [2.45, 2.75) is 19.8 Å². The van der Waals surface area contributed by atoms with Gasteiger partial charge in [-0.1, -0.05) is 6.07 Å². The number of esters is 1. The molecule has 0 unspecified atom stereocenters. The number of nitrogens with one attached hydrogen (secondary N) is 1. The van der Waals surface area contributed by atoms with Gasteiger partial charge >= 0.3 is 5.97 Å². The van der Waals surface area contributed by atoms with E-state index in [1.165, 1.54) is 0 Å². The van der Waals surface area contributed by atoms with Gasteiger partial charge in [-0.05, 0) is 55.3 Å². The first kappa shape index (κ1) is 17.8. The van der Waals surface area contributed by atoms with Crippen LogP contribution in [0, 0.1) is 0 Å². The molecule has 0 fully saturated rings. The topological polar surface area (TPSA) is 73.9 Å². The molecule has 0 saturated heterocycles. The lowest BCUT2D eigenvalue weighted by Crippen LogP contribution is -2.16. The average molecular weight is 355 g/mol. The van der Waals surface area contributed by atoms with E-state index in [1.54, 1.807) is 31.2 Å². The van der Waals surface area contributed by atoms with Crippen LogP contribution in [0.5, 0.6) is 11.5 Å². The summed E-state index contributed by atoms with van der Waals surface area (Å²) >= 11 is 0. The van der Waals surface area contributed by atoms with E-state index < -0.39 is 0 Å². The SMILES string of the molecule is CCOC(=O)c1ccc(NC(=O)CCc2ccc3c(c2)OCCO3)cc1. The van der Waals surface area contributed by atoms with E-state index in [0.29, 0.717) is 43.9 Å². The van der Waals surface area contributed by atoms with Crippen LogP contribution in [0.3, 0.4) is 0 Å². The van der Waals surface area contributed by atoms with Crippen molar-refractivity contribution < 1.29 is 23.8 Å².